The number of morpholine rings is 1. The van der Waals surface area contributed by atoms with E-state index in [0.717, 1.165) is 60.7 Å². The molecule has 4 rings (SSSR count). The number of nitrogens with zero attached hydrogens (tertiary/aromatic N) is 2. The lowest BCUT2D eigenvalue weighted by atomic mass is 9.89. The van der Waals surface area contributed by atoms with Gasteiger partial charge in [0.25, 0.3) is 5.82 Å². The van der Waals surface area contributed by atoms with Crippen molar-refractivity contribution in [3.05, 3.63) is 52.6 Å². The SMILES string of the molecule is N#Cc1c(SCC(=O)NCc2ccccc2)[nH+]c(N2CCOCC2)c2c1CCCC2. The van der Waals surface area contributed by atoms with Crippen molar-refractivity contribution < 1.29 is 14.5 Å². The number of rotatable bonds is 6. The van der Waals surface area contributed by atoms with Gasteiger partial charge in [0.15, 0.2) is 5.03 Å². The summed E-state index contributed by atoms with van der Waals surface area (Å²) < 4.78 is 5.52. The molecule has 0 unspecified atom stereocenters. The van der Waals surface area contributed by atoms with E-state index in [1.54, 1.807) is 0 Å². The first-order valence-electron chi connectivity index (χ1n) is 10.5. The number of nitrogens with one attached hydrogen (secondary N) is 2. The average Bonchev–Trinajstić information content (AvgIpc) is 2.81. The number of thioether (sulfide) groups is 1. The highest BCUT2D eigenvalue weighted by atomic mass is 32.2. The van der Waals surface area contributed by atoms with Gasteiger partial charge in [0, 0.05) is 12.1 Å². The lowest BCUT2D eigenvalue weighted by molar-refractivity contribution is -0.414. The van der Waals surface area contributed by atoms with E-state index in [1.807, 2.05) is 30.3 Å². The second kappa shape index (κ2) is 9.96. The van der Waals surface area contributed by atoms with E-state index >= 15 is 0 Å². The molecule has 30 heavy (non-hydrogen) atoms. The Kier molecular flexibility index (Phi) is 6.88. The minimum Gasteiger partial charge on any atom is -0.373 e. The van der Waals surface area contributed by atoms with Gasteiger partial charge < -0.3 is 10.1 Å². The summed E-state index contributed by atoms with van der Waals surface area (Å²) in [7, 11) is 0. The molecule has 0 atom stereocenters. The zero-order chi connectivity index (χ0) is 20.8. The minimum absolute atomic E-state index is 0.0354. The Bertz CT molecular complexity index is 936. The third-order valence-corrected chi connectivity index (χ3v) is 6.64. The van der Waals surface area contributed by atoms with Crippen molar-refractivity contribution >= 4 is 23.5 Å². The molecule has 0 bridgehead atoms. The highest BCUT2D eigenvalue weighted by molar-refractivity contribution is 7.99. The molecule has 1 amide bonds. The molecule has 1 aliphatic carbocycles. The fraction of sp³-hybridized carbons (Fsp3) is 0.435. The number of nitriles is 1. The Morgan fingerprint density at radius 1 is 1.17 bits per heavy atom. The summed E-state index contributed by atoms with van der Waals surface area (Å²) in [6, 6.07) is 12.3. The predicted molar refractivity (Wildman–Crippen MR) is 116 cm³/mol. The third-order valence-electron chi connectivity index (χ3n) is 5.63. The molecule has 0 saturated carbocycles. The van der Waals surface area contributed by atoms with Crippen LogP contribution in [0.15, 0.2) is 35.4 Å². The lowest BCUT2D eigenvalue weighted by Gasteiger charge is -2.26. The summed E-state index contributed by atoms with van der Waals surface area (Å²) >= 11 is 1.42. The van der Waals surface area contributed by atoms with E-state index in [4.69, 9.17) is 4.74 Å². The van der Waals surface area contributed by atoms with E-state index in [1.165, 1.54) is 17.3 Å². The minimum atomic E-state index is -0.0354. The summed E-state index contributed by atoms with van der Waals surface area (Å²) in [4.78, 5) is 18.3. The topological polar surface area (TPSA) is 79.5 Å². The number of amides is 1. The Morgan fingerprint density at radius 2 is 1.90 bits per heavy atom. The molecule has 1 fully saturated rings. The summed E-state index contributed by atoms with van der Waals surface area (Å²) in [5.41, 5.74) is 4.22. The zero-order valence-electron chi connectivity index (χ0n) is 17.1. The number of carbonyl (C=O) groups is 1. The first-order chi connectivity index (χ1) is 14.8. The Morgan fingerprint density at radius 3 is 2.63 bits per heavy atom. The standard InChI is InChI=1S/C23H26N4O2S/c24-14-20-18-8-4-5-9-19(18)22(27-10-12-29-13-11-27)26-23(20)30-16-21(28)25-15-17-6-2-1-3-7-17/h1-3,6-7H,4-5,8-13,15-16H2,(H,25,28)/p+1. The number of aromatic amines is 1. The van der Waals surface area contributed by atoms with Crippen LogP contribution in [0.1, 0.15) is 35.1 Å². The van der Waals surface area contributed by atoms with E-state index in [9.17, 15) is 10.1 Å². The van der Waals surface area contributed by atoms with Crippen LogP contribution >= 0.6 is 11.8 Å². The van der Waals surface area contributed by atoms with Gasteiger partial charge in [0.2, 0.25) is 5.91 Å². The van der Waals surface area contributed by atoms with Crippen molar-refractivity contribution in [3.63, 3.8) is 0 Å². The lowest BCUT2D eigenvalue weighted by Crippen LogP contribution is -2.41. The molecule has 0 radical (unpaired) electrons. The maximum Gasteiger partial charge on any atom is 0.278 e. The molecule has 6 nitrogen and oxygen atoms in total. The number of hydrogen-bond acceptors (Lipinski definition) is 5. The Labute approximate surface area is 181 Å². The van der Waals surface area contributed by atoms with Crippen LogP contribution < -0.4 is 15.2 Å². The third kappa shape index (κ3) is 4.77. The van der Waals surface area contributed by atoms with Gasteiger partial charge in [-0.2, -0.15) is 5.26 Å². The van der Waals surface area contributed by atoms with Crippen molar-refractivity contribution in [3.8, 4) is 6.07 Å². The number of H-pyrrole nitrogens is 1. The van der Waals surface area contributed by atoms with Crippen molar-refractivity contribution in [1.29, 1.82) is 5.26 Å². The highest BCUT2D eigenvalue weighted by Gasteiger charge is 2.31. The molecule has 1 aliphatic heterocycles. The number of fused-ring (bicyclic) bond motifs is 1. The predicted octanol–water partition coefficient (Wildman–Crippen LogP) is 2.50. The molecule has 1 saturated heterocycles. The number of carbonyl (C=O) groups excluding carboxylic acids is 1. The van der Waals surface area contributed by atoms with Gasteiger partial charge in [-0.15, -0.1) is 0 Å². The monoisotopic (exact) mass is 423 g/mol. The van der Waals surface area contributed by atoms with E-state index < -0.39 is 0 Å². The molecule has 2 heterocycles. The second-order valence-electron chi connectivity index (χ2n) is 7.60. The maximum absolute atomic E-state index is 12.4. The summed E-state index contributed by atoms with van der Waals surface area (Å²) in [6.07, 6.45) is 4.18. The van der Waals surface area contributed by atoms with Gasteiger partial charge in [-0.25, -0.2) is 4.98 Å². The molecule has 1 aromatic carbocycles. The summed E-state index contributed by atoms with van der Waals surface area (Å²) in [5, 5.41) is 13.6. The smallest absolute Gasteiger partial charge is 0.278 e. The molecule has 2 aromatic rings. The van der Waals surface area contributed by atoms with Crippen LogP contribution in [-0.2, 0) is 28.9 Å². The number of hydrogen-bond donors (Lipinski definition) is 1. The van der Waals surface area contributed by atoms with Crippen LogP contribution in [0.4, 0.5) is 5.82 Å². The quantitative estimate of drug-likeness (QED) is 0.722. The molecule has 7 heteroatoms. The number of pyridine rings is 1. The molecular formula is C23H27N4O2S+. The second-order valence-corrected chi connectivity index (χ2v) is 8.59. The van der Waals surface area contributed by atoms with Gasteiger partial charge in [-0.3, -0.25) is 9.69 Å². The summed E-state index contributed by atoms with van der Waals surface area (Å²) in [6.45, 7) is 3.63. The summed E-state index contributed by atoms with van der Waals surface area (Å²) in [5.74, 6) is 1.35. The van der Waals surface area contributed by atoms with Gasteiger partial charge in [-0.1, -0.05) is 42.1 Å². The number of aromatic nitrogens is 1. The molecule has 156 valence electrons. The number of ether oxygens (including phenoxy) is 1. The fourth-order valence-electron chi connectivity index (χ4n) is 4.09. The zero-order valence-corrected chi connectivity index (χ0v) is 17.9. The van der Waals surface area contributed by atoms with Gasteiger partial charge in [-0.05, 0) is 36.8 Å². The van der Waals surface area contributed by atoms with E-state index in [-0.39, 0.29) is 11.7 Å². The van der Waals surface area contributed by atoms with E-state index in [0.29, 0.717) is 25.3 Å². The van der Waals surface area contributed by atoms with Crippen LogP contribution in [0.3, 0.4) is 0 Å². The Balaban J connectivity index is 1.51. The number of anilines is 1. The van der Waals surface area contributed by atoms with Crippen LogP contribution in [0.2, 0.25) is 0 Å². The van der Waals surface area contributed by atoms with Crippen LogP contribution in [0, 0.1) is 11.3 Å². The molecule has 2 aliphatic rings. The van der Waals surface area contributed by atoms with Crippen molar-refractivity contribution in [1.82, 2.24) is 5.32 Å². The highest BCUT2D eigenvalue weighted by Crippen LogP contribution is 2.33. The fourth-order valence-corrected chi connectivity index (χ4v) is 4.95. The van der Waals surface area contributed by atoms with Crippen LogP contribution in [0.25, 0.3) is 0 Å². The number of benzene rings is 1. The largest absolute Gasteiger partial charge is 0.373 e. The van der Waals surface area contributed by atoms with Crippen LogP contribution in [0.5, 0.6) is 0 Å². The molecular weight excluding hydrogens is 396 g/mol. The van der Waals surface area contributed by atoms with Crippen LogP contribution in [-0.4, -0.2) is 38.0 Å². The maximum atomic E-state index is 12.4. The normalized spacial score (nSPS) is 15.9. The van der Waals surface area contributed by atoms with Gasteiger partial charge >= 0.3 is 0 Å². The van der Waals surface area contributed by atoms with Crippen molar-refractivity contribution in [2.75, 3.05) is 37.0 Å². The van der Waals surface area contributed by atoms with Crippen molar-refractivity contribution in [2.24, 2.45) is 0 Å². The average molecular weight is 424 g/mol. The van der Waals surface area contributed by atoms with Gasteiger partial charge in [0.1, 0.15) is 24.7 Å². The Hall–Kier alpha value is -2.56. The van der Waals surface area contributed by atoms with E-state index in [2.05, 4.69) is 21.3 Å². The first-order valence-corrected chi connectivity index (χ1v) is 11.5. The first kappa shape index (κ1) is 20.7. The molecule has 0 spiro atoms. The van der Waals surface area contributed by atoms with Crippen molar-refractivity contribution in [2.45, 2.75) is 37.3 Å². The molecule has 2 N–H and O–H groups in total. The molecule has 1 aromatic heterocycles. The van der Waals surface area contributed by atoms with Gasteiger partial charge in [0.05, 0.1) is 19.0 Å².